The topological polar surface area (TPSA) is 49.9 Å². The predicted octanol–water partition coefficient (Wildman–Crippen LogP) is 2.69. The van der Waals surface area contributed by atoms with Crippen molar-refractivity contribution in [3.8, 4) is 0 Å². The number of amides is 1. The van der Waals surface area contributed by atoms with Crippen molar-refractivity contribution in [3.63, 3.8) is 0 Å². The van der Waals surface area contributed by atoms with Gasteiger partial charge >= 0.3 is 5.97 Å². The molecule has 0 aromatic carbocycles. The molecule has 1 heterocycles. The van der Waals surface area contributed by atoms with E-state index in [4.69, 9.17) is 4.74 Å². The van der Waals surface area contributed by atoms with E-state index < -0.39 is 0 Å². The second-order valence-electron chi connectivity index (χ2n) is 8.02. The second-order valence-corrected chi connectivity index (χ2v) is 8.02. The average molecular weight is 351 g/mol. The van der Waals surface area contributed by atoms with Gasteiger partial charge in [0.15, 0.2) is 0 Å². The molecule has 1 aliphatic heterocycles. The van der Waals surface area contributed by atoms with Gasteiger partial charge in [-0.1, -0.05) is 19.3 Å². The summed E-state index contributed by atoms with van der Waals surface area (Å²) < 4.78 is 5.15. The van der Waals surface area contributed by atoms with Crippen LogP contribution in [0, 0.1) is 17.8 Å². The summed E-state index contributed by atoms with van der Waals surface area (Å²) >= 11 is 0. The van der Waals surface area contributed by atoms with Crippen LogP contribution in [0.2, 0.25) is 0 Å². The fraction of sp³-hybridized carbons (Fsp3) is 0.900. The molecular formula is C20H34N2O3. The Morgan fingerprint density at radius 2 is 1.80 bits per heavy atom. The van der Waals surface area contributed by atoms with E-state index >= 15 is 0 Å². The molecule has 0 aromatic heterocycles. The van der Waals surface area contributed by atoms with Gasteiger partial charge in [-0.2, -0.15) is 0 Å². The van der Waals surface area contributed by atoms with Gasteiger partial charge in [0.25, 0.3) is 0 Å². The number of esters is 1. The zero-order chi connectivity index (χ0) is 17.6. The molecule has 1 saturated heterocycles. The number of likely N-dealkylation sites (tertiary alicyclic amines) is 1. The Balaban J connectivity index is 1.54. The van der Waals surface area contributed by atoms with Crippen molar-refractivity contribution in [3.05, 3.63) is 0 Å². The second kappa shape index (κ2) is 9.02. The lowest BCUT2D eigenvalue weighted by atomic mass is 9.88. The Morgan fingerprint density at radius 3 is 2.48 bits per heavy atom. The lowest BCUT2D eigenvalue weighted by Crippen LogP contribution is -2.43. The summed E-state index contributed by atoms with van der Waals surface area (Å²) in [5.74, 6) is 0.816. The highest BCUT2D eigenvalue weighted by molar-refractivity contribution is 5.79. The van der Waals surface area contributed by atoms with Crippen LogP contribution in [0.3, 0.4) is 0 Å². The maximum atomic E-state index is 13.1. The number of hydrogen-bond acceptors (Lipinski definition) is 4. The highest BCUT2D eigenvalue weighted by Crippen LogP contribution is 2.40. The van der Waals surface area contributed by atoms with E-state index in [1.54, 1.807) is 0 Å². The lowest BCUT2D eigenvalue weighted by molar-refractivity contribution is -0.145. The normalized spacial score (nSPS) is 27.2. The number of hydrogen-bond donors (Lipinski definition) is 0. The zero-order valence-electron chi connectivity index (χ0n) is 15.8. The van der Waals surface area contributed by atoms with Crippen LogP contribution in [-0.2, 0) is 14.3 Å². The Morgan fingerprint density at radius 1 is 1.08 bits per heavy atom. The van der Waals surface area contributed by atoms with Crippen LogP contribution in [0.25, 0.3) is 0 Å². The van der Waals surface area contributed by atoms with Crippen molar-refractivity contribution >= 4 is 11.9 Å². The van der Waals surface area contributed by atoms with Gasteiger partial charge in [0.05, 0.1) is 12.5 Å². The third kappa shape index (κ3) is 5.19. The molecule has 2 unspecified atom stereocenters. The molecule has 2 saturated carbocycles. The first-order valence-corrected chi connectivity index (χ1v) is 10.4. The first kappa shape index (κ1) is 18.7. The molecule has 5 heteroatoms. The highest BCUT2D eigenvalue weighted by Gasteiger charge is 2.45. The van der Waals surface area contributed by atoms with Gasteiger partial charge in [-0.3, -0.25) is 9.59 Å². The summed E-state index contributed by atoms with van der Waals surface area (Å²) in [5.41, 5.74) is 0. The average Bonchev–Trinajstić information content (AvgIpc) is 3.21. The van der Waals surface area contributed by atoms with Crippen molar-refractivity contribution in [2.75, 3.05) is 39.3 Å². The van der Waals surface area contributed by atoms with E-state index in [-0.39, 0.29) is 17.8 Å². The summed E-state index contributed by atoms with van der Waals surface area (Å²) in [6.45, 7) is 7.18. The Bertz CT molecular complexity index is 456. The molecule has 5 nitrogen and oxygen atoms in total. The Hall–Kier alpha value is -1.10. The van der Waals surface area contributed by atoms with E-state index in [9.17, 15) is 9.59 Å². The van der Waals surface area contributed by atoms with Gasteiger partial charge in [-0.05, 0) is 58.0 Å². The SMILES string of the molecule is CCOC(=O)C1CC1CN(CCN1CCCC1)C(=O)C1CCCCC1. The fourth-order valence-corrected chi connectivity index (χ4v) is 4.44. The van der Waals surface area contributed by atoms with E-state index in [0.29, 0.717) is 18.4 Å². The molecule has 25 heavy (non-hydrogen) atoms. The van der Waals surface area contributed by atoms with Crippen molar-refractivity contribution < 1.29 is 14.3 Å². The molecular weight excluding hydrogens is 316 g/mol. The van der Waals surface area contributed by atoms with E-state index in [1.165, 1.54) is 45.2 Å². The van der Waals surface area contributed by atoms with Gasteiger partial charge in [0.2, 0.25) is 5.91 Å². The zero-order valence-corrected chi connectivity index (χ0v) is 15.8. The van der Waals surface area contributed by atoms with E-state index in [1.807, 2.05) is 6.92 Å². The third-order valence-electron chi connectivity index (χ3n) is 6.12. The molecule has 3 fully saturated rings. The van der Waals surface area contributed by atoms with Crippen LogP contribution in [0.5, 0.6) is 0 Å². The predicted molar refractivity (Wildman–Crippen MR) is 97.1 cm³/mol. The van der Waals surface area contributed by atoms with Gasteiger partial charge in [-0.25, -0.2) is 0 Å². The van der Waals surface area contributed by atoms with E-state index in [2.05, 4.69) is 9.80 Å². The first-order valence-electron chi connectivity index (χ1n) is 10.4. The summed E-state index contributed by atoms with van der Waals surface area (Å²) in [6.07, 6.45) is 9.18. The van der Waals surface area contributed by atoms with Gasteiger partial charge in [0, 0.05) is 25.6 Å². The fourth-order valence-electron chi connectivity index (χ4n) is 4.44. The number of carbonyl (C=O) groups excluding carboxylic acids is 2. The molecule has 0 N–H and O–H groups in total. The standard InChI is InChI=1S/C20H34N2O3/c1-2-25-20(24)18-14-17(18)15-22(13-12-21-10-6-7-11-21)19(23)16-8-4-3-5-9-16/h16-18H,2-15H2,1H3. The molecule has 3 rings (SSSR count). The highest BCUT2D eigenvalue weighted by atomic mass is 16.5. The molecule has 0 aromatic rings. The molecule has 142 valence electrons. The largest absolute Gasteiger partial charge is 0.466 e. The molecule has 2 aliphatic carbocycles. The van der Waals surface area contributed by atoms with Crippen LogP contribution in [-0.4, -0.2) is 61.0 Å². The summed E-state index contributed by atoms with van der Waals surface area (Å²) in [7, 11) is 0. The maximum absolute atomic E-state index is 13.1. The van der Waals surface area contributed by atoms with Gasteiger partial charge in [-0.15, -0.1) is 0 Å². The summed E-state index contributed by atoms with van der Waals surface area (Å²) in [4.78, 5) is 29.5. The van der Waals surface area contributed by atoms with Crippen LogP contribution >= 0.6 is 0 Å². The van der Waals surface area contributed by atoms with Gasteiger partial charge < -0.3 is 14.5 Å². The molecule has 0 spiro atoms. The minimum absolute atomic E-state index is 0.0217. The third-order valence-corrected chi connectivity index (χ3v) is 6.12. The van der Waals surface area contributed by atoms with Crippen LogP contribution < -0.4 is 0 Å². The molecule has 3 aliphatic rings. The Kier molecular flexibility index (Phi) is 6.74. The smallest absolute Gasteiger partial charge is 0.309 e. The molecule has 0 bridgehead atoms. The summed E-state index contributed by atoms with van der Waals surface area (Å²) in [5, 5.41) is 0. The molecule has 2 atom stereocenters. The van der Waals surface area contributed by atoms with Crippen molar-refractivity contribution in [2.24, 2.45) is 17.8 Å². The van der Waals surface area contributed by atoms with Gasteiger partial charge in [0.1, 0.15) is 0 Å². The minimum Gasteiger partial charge on any atom is -0.466 e. The quantitative estimate of drug-likeness (QED) is 0.632. The van der Waals surface area contributed by atoms with Crippen molar-refractivity contribution in [1.82, 2.24) is 9.80 Å². The van der Waals surface area contributed by atoms with Crippen LogP contribution in [0.15, 0.2) is 0 Å². The summed E-state index contributed by atoms with van der Waals surface area (Å²) in [6, 6.07) is 0. The van der Waals surface area contributed by atoms with Crippen molar-refractivity contribution in [2.45, 2.75) is 58.3 Å². The molecule has 0 radical (unpaired) electrons. The first-order chi connectivity index (χ1) is 12.2. The molecule has 1 amide bonds. The number of carbonyl (C=O) groups is 2. The minimum atomic E-state index is -0.0721. The van der Waals surface area contributed by atoms with Crippen LogP contribution in [0.4, 0.5) is 0 Å². The van der Waals surface area contributed by atoms with Crippen molar-refractivity contribution in [1.29, 1.82) is 0 Å². The monoisotopic (exact) mass is 350 g/mol. The Labute approximate surface area is 152 Å². The number of ether oxygens (including phenoxy) is 1. The lowest BCUT2D eigenvalue weighted by Gasteiger charge is -2.31. The number of rotatable bonds is 8. The number of nitrogens with zero attached hydrogens (tertiary/aromatic N) is 2. The van der Waals surface area contributed by atoms with E-state index in [0.717, 1.165) is 38.9 Å². The maximum Gasteiger partial charge on any atom is 0.309 e. The van der Waals surface area contributed by atoms with Crippen LogP contribution in [0.1, 0.15) is 58.3 Å².